The topological polar surface area (TPSA) is 16.1 Å². The van der Waals surface area contributed by atoms with Crippen LogP contribution in [0.1, 0.15) is 25.0 Å². The van der Waals surface area contributed by atoms with E-state index in [1.807, 2.05) is 45.1 Å². The van der Waals surface area contributed by atoms with Crippen LogP contribution in [0, 0.1) is 19.3 Å². The van der Waals surface area contributed by atoms with Gasteiger partial charge in [0.25, 0.3) is 0 Å². The van der Waals surface area contributed by atoms with Crippen LogP contribution in [-0.2, 0) is 6.42 Å². The predicted molar refractivity (Wildman–Crippen MR) is 67.2 cm³/mol. The molecule has 82 valence electrons. The van der Waals surface area contributed by atoms with Crippen LogP contribution in [0.25, 0.3) is 0 Å². The Labute approximate surface area is 93.3 Å². The van der Waals surface area contributed by atoms with E-state index in [2.05, 4.69) is 17.8 Å². The Hall–Kier alpha value is -1.49. The van der Waals surface area contributed by atoms with Crippen LogP contribution in [0.4, 0.5) is 5.82 Å². The zero-order valence-corrected chi connectivity index (χ0v) is 10.3. The minimum absolute atomic E-state index is 0.659. The van der Waals surface area contributed by atoms with Crippen LogP contribution in [0.15, 0.2) is 12.3 Å². The number of anilines is 1. The molecule has 2 heteroatoms. The largest absolute Gasteiger partial charge is 0.363 e. The van der Waals surface area contributed by atoms with Gasteiger partial charge in [-0.2, -0.15) is 0 Å². The lowest BCUT2D eigenvalue weighted by atomic mass is 10.1. The highest BCUT2D eigenvalue weighted by Gasteiger charge is 2.01. The number of hydrogen-bond acceptors (Lipinski definition) is 2. The first-order valence-electron chi connectivity index (χ1n) is 5.21. The van der Waals surface area contributed by atoms with Crippen LogP contribution < -0.4 is 4.90 Å². The Morgan fingerprint density at radius 1 is 1.40 bits per heavy atom. The lowest BCUT2D eigenvalue weighted by Crippen LogP contribution is -2.11. The number of terminal acetylenes is 1. The second kappa shape index (κ2) is 6.89. The summed E-state index contributed by atoms with van der Waals surface area (Å²) in [5.74, 6) is 3.59. The fourth-order valence-corrected chi connectivity index (χ4v) is 1.11. The smallest absolute Gasteiger partial charge is 0.128 e. The van der Waals surface area contributed by atoms with Crippen molar-refractivity contribution in [2.75, 3.05) is 19.0 Å². The number of nitrogens with zero attached hydrogens (tertiary/aromatic N) is 2. The molecule has 1 heterocycles. The van der Waals surface area contributed by atoms with Gasteiger partial charge in [-0.1, -0.05) is 13.8 Å². The predicted octanol–water partition coefficient (Wildman–Crippen LogP) is 2.66. The summed E-state index contributed by atoms with van der Waals surface area (Å²) in [6.07, 6.45) is 7.75. The summed E-state index contributed by atoms with van der Waals surface area (Å²) < 4.78 is 0. The quantitative estimate of drug-likeness (QED) is 0.688. The van der Waals surface area contributed by atoms with E-state index in [4.69, 9.17) is 6.42 Å². The van der Waals surface area contributed by atoms with Gasteiger partial charge in [0.1, 0.15) is 5.82 Å². The van der Waals surface area contributed by atoms with Gasteiger partial charge in [0.05, 0.1) is 0 Å². The normalized spacial score (nSPS) is 8.53. The second-order valence-corrected chi connectivity index (χ2v) is 3.24. The highest BCUT2D eigenvalue weighted by molar-refractivity contribution is 5.42. The van der Waals surface area contributed by atoms with E-state index in [0.717, 1.165) is 11.4 Å². The molecular formula is C13H20N2. The van der Waals surface area contributed by atoms with Gasteiger partial charge < -0.3 is 4.90 Å². The van der Waals surface area contributed by atoms with Crippen molar-refractivity contribution in [3.63, 3.8) is 0 Å². The number of rotatable bonds is 2. The highest BCUT2D eigenvalue weighted by Crippen LogP contribution is 2.13. The van der Waals surface area contributed by atoms with E-state index in [-0.39, 0.29) is 0 Å². The maximum absolute atomic E-state index is 5.24. The SMILES string of the molecule is C#CCc1cnc(N(C)C)cc1C.CC. The molecule has 2 nitrogen and oxygen atoms in total. The lowest BCUT2D eigenvalue weighted by molar-refractivity contribution is 1.04. The van der Waals surface area contributed by atoms with Crippen LogP contribution in [0.5, 0.6) is 0 Å². The maximum atomic E-state index is 5.24. The molecule has 0 spiro atoms. The van der Waals surface area contributed by atoms with Gasteiger partial charge in [-0.05, 0) is 24.1 Å². The van der Waals surface area contributed by atoms with Gasteiger partial charge in [-0.3, -0.25) is 0 Å². The summed E-state index contributed by atoms with van der Waals surface area (Å²) in [5, 5.41) is 0. The molecule has 0 aromatic carbocycles. The average molecular weight is 204 g/mol. The number of hydrogen-bond donors (Lipinski definition) is 0. The minimum atomic E-state index is 0.659. The van der Waals surface area contributed by atoms with E-state index in [1.165, 1.54) is 5.56 Å². The molecule has 1 aromatic rings. The first-order valence-corrected chi connectivity index (χ1v) is 5.21. The van der Waals surface area contributed by atoms with Crippen molar-refractivity contribution >= 4 is 5.82 Å². The molecule has 0 bridgehead atoms. The molecule has 1 aromatic heterocycles. The lowest BCUT2D eigenvalue weighted by Gasteiger charge is -2.12. The third-order valence-corrected chi connectivity index (χ3v) is 1.96. The van der Waals surface area contributed by atoms with E-state index >= 15 is 0 Å². The summed E-state index contributed by atoms with van der Waals surface area (Å²) in [4.78, 5) is 6.27. The molecule has 0 saturated carbocycles. The molecule has 0 radical (unpaired) electrons. The monoisotopic (exact) mass is 204 g/mol. The minimum Gasteiger partial charge on any atom is -0.363 e. The van der Waals surface area contributed by atoms with Crippen molar-refractivity contribution in [1.29, 1.82) is 0 Å². The molecule has 0 aliphatic rings. The van der Waals surface area contributed by atoms with Gasteiger partial charge in [0.15, 0.2) is 0 Å². The van der Waals surface area contributed by atoms with Gasteiger partial charge in [-0.25, -0.2) is 4.98 Å². The van der Waals surface area contributed by atoms with Crippen molar-refractivity contribution in [1.82, 2.24) is 4.98 Å². The van der Waals surface area contributed by atoms with Crippen LogP contribution in [0.3, 0.4) is 0 Å². The van der Waals surface area contributed by atoms with Gasteiger partial charge in [0.2, 0.25) is 0 Å². The van der Waals surface area contributed by atoms with Crippen molar-refractivity contribution in [3.05, 3.63) is 23.4 Å². The third-order valence-electron chi connectivity index (χ3n) is 1.96. The molecule has 0 atom stereocenters. The zero-order chi connectivity index (χ0) is 11.8. The first-order chi connectivity index (χ1) is 7.15. The highest BCUT2D eigenvalue weighted by atomic mass is 15.1. The van der Waals surface area contributed by atoms with Crippen molar-refractivity contribution < 1.29 is 0 Å². The molecule has 0 fully saturated rings. The number of pyridine rings is 1. The summed E-state index contributed by atoms with van der Waals surface area (Å²) in [6.45, 7) is 6.06. The molecule has 0 unspecified atom stereocenters. The van der Waals surface area contributed by atoms with Gasteiger partial charge in [0, 0.05) is 26.7 Å². The molecular weight excluding hydrogens is 184 g/mol. The van der Waals surface area contributed by atoms with E-state index < -0.39 is 0 Å². The molecule has 0 aliphatic carbocycles. The van der Waals surface area contributed by atoms with Crippen LogP contribution in [0.2, 0.25) is 0 Å². The van der Waals surface area contributed by atoms with E-state index in [0.29, 0.717) is 6.42 Å². The molecule has 0 aliphatic heterocycles. The summed E-state index contributed by atoms with van der Waals surface area (Å²) >= 11 is 0. The summed E-state index contributed by atoms with van der Waals surface area (Å²) in [6, 6.07) is 2.05. The standard InChI is InChI=1S/C11H14N2.C2H6/c1-5-6-10-8-12-11(13(3)4)7-9(10)2;1-2/h1,7-8H,6H2,2-4H3;1-2H3. The van der Waals surface area contributed by atoms with Gasteiger partial charge >= 0.3 is 0 Å². The Kier molecular flexibility index (Phi) is 6.21. The average Bonchev–Trinajstić information content (AvgIpc) is 2.24. The van der Waals surface area contributed by atoms with Gasteiger partial charge in [-0.15, -0.1) is 12.3 Å². The number of aryl methyl sites for hydroxylation is 1. The van der Waals surface area contributed by atoms with E-state index in [1.54, 1.807) is 0 Å². The van der Waals surface area contributed by atoms with Crippen LogP contribution >= 0.6 is 0 Å². The van der Waals surface area contributed by atoms with E-state index in [9.17, 15) is 0 Å². The van der Waals surface area contributed by atoms with Crippen LogP contribution in [-0.4, -0.2) is 19.1 Å². The molecule has 1 rings (SSSR count). The summed E-state index contributed by atoms with van der Waals surface area (Å²) in [7, 11) is 3.95. The Balaban J connectivity index is 0.000000921. The number of aromatic nitrogens is 1. The molecule has 0 N–H and O–H groups in total. The zero-order valence-electron chi connectivity index (χ0n) is 10.3. The molecule has 0 amide bonds. The Morgan fingerprint density at radius 2 is 2.00 bits per heavy atom. The third kappa shape index (κ3) is 4.03. The fourth-order valence-electron chi connectivity index (χ4n) is 1.11. The Bertz CT molecular complexity index is 335. The first kappa shape index (κ1) is 13.5. The Morgan fingerprint density at radius 3 is 2.40 bits per heavy atom. The molecule has 0 saturated heterocycles. The molecule has 15 heavy (non-hydrogen) atoms. The van der Waals surface area contributed by atoms with Crippen molar-refractivity contribution in [2.24, 2.45) is 0 Å². The fraction of sp³-hybridized carbons (Fsp3) is 0.462. The second-order valence-electron chi connectivity index (χ2n) is 3.24. The van der Waals surface area contributed by atoms with Crippen molar-refractivity contribution in [3.8, 4) is 12.3 Å². The maximum Gasteiger partial charge on any atom is 0.128 e. The van der Waals surface area contributed by atoms with Crippen molar-refractivity contribution in [2.45, 2.75) is 27.2 Å². The summed E-state index contributed by atoms with van der Waals surface area (Å²) in [5.41, 5.74) is 2.34.